The van der Waals surface area contributed by atoms with Gasteiger partial charge in [-0.25, -0.2) is 0 Å². The molecule has 24 heavy (non-hydrogen) atoms. The van der Waals surface area contributed by atoms with Crippen molar-refractivity contribution in [2.45, 2.75) is 51.0 Å². The Labute approximate surface area is 139 Å². The molecule has 0 saturated carbocycles. The Kier molecular flexibility index (Phi) is 6.23. The Morgan fingerprint density at radius 2 is 2.12 bits per heavy atom. The Hall–Kier alpha value is -1.60. The van der Waals surface area contributed by atoms with Gasteiger partial charge in [-0.3, -0.25) is 4.79 Å². The van der Waals surface area contributed by atoms with Crippen LogP contribution in [0.5, 0.6) is 0 Å². The normalized spacial score (nSPS) is 22.9. The SMILES string of the molecule is CC[C@@H]1C[C@@H](CC(=O)Nc2ccccc2[C@H](O)C(F)(F)F)CCO1. The second kappa shape index (κ2) is 7.98. The smallest absolute Gasteiger partial charge is 0.379 e. The number of benzene rings is 1. The number of aliphatic hydroxyl groups is 1. The van der Waals surface area contributed by atoms with E-state index in [1.165, 1.54) is 18.2 Å². The van der Waals surface area contributed by atoms with Crippen LogP contribution in [-0.4, -0.2) is 29.9 Å². The Bertz CT molecular complexity index is 562. The van der Waals surface area contributed by atoms with E-state index in [4.69, 9.17) is 4.74 Å². The zero-order valence-corrected chi connectivity index (χ0v) is 13.5. The van der Waals surface area contributed by atoms with Gasteiger partial charge in [0.2, 0.25) is 5.91 Å². The number of amides is 1. The summed E-state index contributed by atoms with van der Waals surface area (Å²) < 4.78 is 43.7. The molecule has 2 N–H and O–H groups in total. The van der Waals surface area contributed by atoms with Gasteiger partial charge in [0.25, 0.3) is 0 Å². The van der Waals surface area contributed by atoms with Crippen molar-refractivity contribution in [1.82, 2.24) is 0 Å². The van der Waals surface area contributed by atoms with Gasteiger partial charge in [-0.15, -0.1) is 0 Å². The summed E-state index contributed by atoms with van der Waals surface area (Å²) in [5.41, 5.74) is -0.358. The summed E-state index contributed by atoms with van der Waals surface area (Å²) >= 11 is 0. The minimum Gasteiger partial charge on any atom is -0.379 e. The summed E-state index contributed by atoms with van der Waals surface area (Å²) in [6.45, 7) is 2.61. The highest BCUT2D eigenvalue weighted by molar-refractivity contribution is 5.91. The molecule has 3 atom stereocenters. The maximum absolute atomic E-state index is 12.7. The van der Waals surface area contributed by atoms with Crippen LogP contribution in [0.3, 0.4) is 0 Å². The van der Waals surface area contributed by atoms with Gasteiger partial charge in [0.05, 0.1) is 6.10 Å². The lowest BCUT2D eigenvalue weighted by molar-refractivity contribution is -0.206. The largest absolute Gasteiger partial charge is 0.418 e. The number of hydrogen-bond acceptors (Lipinski definition) is 3. The molecular weight excluding hydrogens is 323 g/mol. The van der Waals surface area contributed by atoms with E-state index >= 15 is 0 Å². The van der Waals surface area contributed by atoms with Gasteiger partial charge in [0.15, 0.2) is 6.10 Å². The molecule has 7 heteroatoms. The third kappa shape index (κ3) is 4.95. The zero-order chi connectivity index (χ0) is 17.7. The number of carbonyl (C=O) groups excluding carboxylic acids is 1. The van der Waals surface area contributed by atoms with Crippen molar-refractivity contribution in [1.29, 1.82) is 0 Å². The molecule has 0 unspecified atom stereocenters. The molecule has 2 rings (SSSR count). The topological polar surface area (TPSA) is 58.6 Å². The van der Waals surface area contributed by atoms with Crippen molar-refractivity contribution in [2.24, 2.45) is 5.92 Å². The van der Waals surface area contributed by atoms with E-state index in [2.05, 4.69) is 5.32 Å². The van der Waals surface area contributed by atoms with Crippen molar-refractivity contribution in [2.75, 3.05) is 11.9 Å². The standard InChI is InChI=1S/C17H22F3NO3/c1-2-12-9-11(7-8-24-12)10-15(22)21-14-6-4-3-5-13(14)16(23)17(18,19)20/h3-6,11-12,16,23H,2,7-10H2,1H3,(H,21,22)/t11-,12+,16-/m0/s1. The highest BCUT2D eigenvalue weighted by atomic mass is 19.4. The molecule has 0 radical (unpaired) electrons. The second-order valence-corrected chi connectivity index (χ2v) is 6.08. The number of rotatable bonds is 5. The Balaban J connectivity index is 2.02. The number of alkyl halides is 3. The van der Waals surface area contributed by atoms with Crippen LogP contribution >= 0.6 is 0 Å². The number of ether oxygens (including phenoxy) is 1. The van der Waals surface area contributed by atoms with E-state index in [1.54, 1.807) is 0 Å². The van der Waals surface area contributed by atoms with Gasteiger partial charge in [-0.05, 0) is 31.2 Å². The third-order valence-corrected chi connectivity index (χ3v) is 4.24. The molecule has 0 bridgehead atoms. The van der Waals surface area contributed by atoms with E-state index in [0.717, 1.165) is 25.3 Å². The number of para-hydroxylation sites is 1. The summed E-state index contributed by atoms with van der Waals surface area (Å²) in [6, 6.07) is 5.43. The van der Waals surface area contributed by atoms with Gasteiger partial charge in [-0.1, -0.05) is 25.1 Å². The summed E-state index contributed by atoms with van der Waals surface area (Å²) in [7, 11) is 0. The first kappa shape index (κ1) is 18.7. The van der Waals surface area contributed by atoms with Crippen LogP contribution in [0.25, 0.3) is 0 Å². The molecule has 1 aliphatic heterocycles. The van der Waals surface area contributed by atoms with Gasteiger partial charge in [0, 0.05) is 24.3 Å². The Morgan fingerprint density at radius 1 is 1.42 bits per heavy atom. The van der Waals surface area contributed by atoms with Crippen LogP contribution in [0.15, 0.2) is 24.3 Å². The monoisotopic (exact) mass is 345 g/mol. The molecule has 0 spiro atoms. The lowest BCUT2D eigenvalue weighted by Gasteiger charge is -2.28. The summed E-state index contributed by atoms with van der Waals surface area (Å²) in [6.07, 6.45) is -4.63. The fourth-order valence-corrected chi connectivity index (χ4v) is 2.92. The van der Waals surface area contributed by atoms with Crippen molar-refractivity contribution in [3.05, 3.63) is 29.8 Å². The maximum Gasteiger partial charge on any atom is 0.418 e. The predicted octanol–water partition coefficient (Wildman–Crippen LogP) is 3.82. The van der Waals surface area contributed by atoms with Crippen molar-refractivity contribution in [3.63, 3.8) is 0 Å². The van der Waals surface area contributed by atoms with E-state index in [0.29, 0.717) is 6.61 Å². The maximum atomic E-state index is 12.7. The minimum atomic E-state index is -4.78. The van der Waals surface area contributed by atoms with Gasteiger partial charge in [-0.2, -0.15) is 13.2 Å². The van der Waals surface area contributed by atoms with Crippen LogP contribution < -0.4 is 5.32 Å². The average molecular weight is 345 g/mol. The number of halogens is 3. The molecule has 1 fully saturated rings. The lowest BCUT2D eigenvalue weighted by atomic mass is 9.91. The molecule has 1 amide bonds. The van der Waals surface area contributed by atoms with E-state index in [9.17, 15) is 23.1 Å². The first-order valence-corrected chi connectivity index (χ1v) is 8.06. The van der Waals surface area contributed by atoms with E-state index < -0.39 is 12.3 Å². The molecule has 4 nitrogen and oxygen atoms in total. The lowest BCUT2D eigenvalue weighted by Crippen LogP contribution is -2.28. The van der Waals surface area contributed by atoms with Gasteiger partial charge < -0.3 is 15.2 Å². The number of hydrogen-bond donors (Lipinski definition) is 2. The first-order valence-electron chi connectivity index (χ1n) is 8.06. The van der Waals surface area contributed by atoms with Crippen LogP contribution in [0.4, 0.5) is 18.9 Å². The predicted molar refractivity (Wildman–Crippen MR) is 83.5 cm³/mol. The van der Waals surface area contributed by atoms with Gasteiger partial charge >= 0.3 is 6.18 Å². The van der Waals surface area contributed by atoms with Gasteiger partial charge in [0.1, 0.15) is 0 Å². The van der Waals surface area contributed by atoms with Crippen molar-refractivity contribution >= 4 is 11.6 Å². The van der Waals surface area contributed by atoms with Crippen LogP contribution in [0.1, 0.15) is 44.3 Å². The summed E-state index contributed by atoms with van der Waals surface area (Å²) in [5.74, 6) is -0.193. The third-order valence-electron chi connectivity index (χ3n) is 4.24. The highest BCUT2D eigenvalue weighted by Gasteiger charge is 2.40. The Morgan fingerprint density at radius 3 is 2.79 bits per heavy atom. The van der Waals surface area contributed by atoms with E-state index in [1.807, 2.05) is 6.92 Å². The fourth-order valence-electron chi connectivity index (χ4n) is 2.92. The number of nitrogens with one attached hydrogen (secondary N) is 1. The summed E-state index contributed by atoms with van der Waals surface area (Å²) in [5, 5.41) is 11.9. The molecule has 134 valence electrons. The summed E-state index contributed by atoms with van der Waals surface area (Å²) in [4.78, 5) is 12.2. The molecule has 1 aliphatic rings. The second-order valence-electron chi connectivity index (χ2n) is 6.08. The number of anilines is 1. The quantitative estimate of drug-likeness (QED) is 0.853. The van der Waals surface area contributed by atoms with Crippen LogP contribution in [0, 0.1) is 5.92 Å². The van der Waals surface area contributed by atoms with Crippen molar-refractivity contribution in [3.8, 4) is 0 Å². The van der Waals surface area contributed by atoms with Crippen LogP contribution in [-0.2, 0) is 9.53 Å². The number of aliphatic hydroxyl groups excluding tert-OH is 1. The van der Waals surface area contributed by atoms with Crippen LogP contribution in [0.2, 0.25) is 0 Å². The average Bonchev–Trinajstić information content (AvgIpc) is 2.54. The first-order chi connectivity index (χ1) is 11.3. The molecule has 1 aromatic carbocycles. The number of carbonyl (C=O) groups is 1. The molecule has 1 saturated heterocycles. The molecular formula is C17H22F3NO3. The van der Waals surface area contributed by atoms with E-state index in [-0.39, 0.29) is 35.6 Å². The molecule has 0 aliphatic carbocycles. The molecule has 0 aromatic heterocycles. The minimum absolute atomic E-state index is 0.00794. The zero-order valence-electron chi connectivity index (χ0n) is 13.5. The highest BCUT2D eigenvalue weighted by Crippen LogP contribution is 2.36. The molecule has 1 aromatic rings. The molecule has 1 heterocycles. The fraction of sp³-hybridized carbons (Fsp3) is 0.588. The van der Waals surface area contributed by atoms with Crippen molar-refractivity contribution < 1.29 is 27.8 Å².